The van der Waals surface area contributed by atoms with E-state index in [9.17, 15) is 10.2 Å². The van der Waals surface area contributed by atoms with Crippen molar-refractivity contribution in [1.29, 1.82) is 0 Å². The Hall–Kier alpha value is -1.22. The summed E-state index contributed by atoms with van der Waals surface area (Å²) in [5, 5.41) is 24.8. The molecule has 0 aromatic heterocycles. The van der Waals surface area contributed by atoms with E-state index in [1.54, 1.807) is 0 Å². The smallest absolute Gasteiger partial charge is 0.138 e. The Balaban J connectivity index is 1.85. The van der Waals surface area contributed by atoms with E-state index >= 15 is 0 Å². The molecule has 0 heterocycles. The maximum absolute atomic E-state index is 11.2. The van der Waals surface area contributed by atoms with Crippen molar-refractivity contribution in [2.24, 2.45) is 5.92 Å². The van der Waals surface area contributed by atoms with Gasteiger partial charge in [-0.25, -0.2) is 0 Å². The first-order valence-corrected chi connectivity index (χ1v) is 8.30. The molecule has 0 amide bonds. The van der Waals surface area contributed by atoms with Gasteiger partial charge in [-0.1, -0.05) is 19.3 Å². The molecule has 3 heteroatoms. The number of hydrogen-bond donors (Lipinski definition) is 3. The van der Waals surface area contributed by atoms with Crippen LogP contribution in [0.25, 0.3) is 0 Å². The van der Waals surface area contributed by atoms with Crippen LogP contribution in [0.5, 0.6) is 5.75 Å². The molecule has 3 nitrogen and oxygen atoms in total. The summed E-state index contributed by atoms with van der Waals surface area (Å²) >= 11 is 0. The highest BCUT2D eigenvalue weighted by atomic mass is 16.3. The number of aryl methyl sites for hydroxylation is 2. The van der Waals surface area contributed by atoms with Gasteiger partial charge in [0.2, 0.25) is 0 Å². The van der Waals surface area contributed by atoms with Crippen LogP contribution in [0.4, 0.5) is 5.69 Å². The van der Waals surface area contributed by atoms with Crippen LogP contribution in [-0.4, -0.2) is 21.9 Å². The lowest BCUT2D eigenvalue weighted by atomic mass is 9.65. The maximum atomic E-state index is 11.2. The second-order valence-electron chi connectivity index (χ2n) is 7.02. The second kappa shape index (κ2) is 5.53. The minimum atomic E-state index is -0.596. The fourth-order valence-corrected chi connectivity index (χ4v) is 4.23. The number of phenolic OH excluding ortho intramolecular Hbond substituents is 1. The molecule has 116 valence electrons. The number of nitrogens with one attached hydrogen (secondary N) is 1. The molecular weight excluding hydrogens is 262 g/mol. The number of benzene rings is 1. The molecule has 0 bridgehead atoms. The standard InChI is InChI=1S/C18H27NO2/c1-12-10-15(16(20)11-13(12)2)19-17-8-5-7-14-6-3-4-9-18(14,17)21/h10-11,14,17,19-21H,3-9H2,1-2H3. The number of phenols is 1. The quantitative estimate of drug-likeness (QED) is 0.724. The summed E-state index contributed by atoms with van der Waals surface area (Å²) in [4.78, 5) is 0. The molecule has 2 fully saturated rings. The largest absolute Gasteiger partial charge is 0.506 e. The van der Waals surface area contributed by atoms with E-state index in [1.165, 1.54) is 12.0 Å². The second-order valence-corrected chi connectivity index (χ2v) is 7.02. The van der Waals surface area contributed by atoms with E-state index in [4.69, 9.17) is 0 Å². The average Bonchev–Trinajstić information content (AvgIpc) is 2.45. The minimum Gasteiger partial charge on any atom is -0.506 e. The first kappa shape index (κ1) is 14.7. The van der Waals surface area contributed by atoms with Crippen molar-refractivity contribution in [2.45, 2.75) is 70.4 Å². The van der Waals surface area contributed by atoms with Crippen LogP contribution in [0, 0.1) is 19.8 Å². The molecule has 1 aromatic rings. The molecule has 0 saturated heterocycles. The Kier molecular flexibility index (Phi) is 3.87. The summed E-state index contributed by atoms with van der Waals surface area (Å²) in [5.41, 5.74) is 2.43. The van der Waals surface area contributed by atoms with Gasteiger partial charge < -0.3 is 15.5 Å². The third-order valence-corrected chi connectivity index (χ3v) is 5.68. The predicted molar refractivity (Wildman–Crippen MR) is 85.8 cm³/mol. The summed E-state index contributed by atoms with van der Waals surface area (Å²) in [6.07, 6.45) is 7.69. The molecule has 21 heavy (non-hydrogen) atoms. The maximum Gasteiger partial charge on any atom is 0.138 e. The van der Waals surface area contributed by atoms with E-state index in [0.717, 1.165) is 49.8 Å². The van der Waals surface area contributed by atoms with Crippen LogP contribution < -0.4 is 5.32 Å². The molecular formula is C18H27NO2. The lowest BCUT2D eigenvalue weighted by Gasteiger charge is -2.49. The third-order valence-electron chi connectivity index (χ3n) is 5.68. The summed E-state index contributed by atoms with van der Waals surface area (Å²) < 4.78 is 0. The monoisotopic (exact) mass is 289 g/mol. The van der Waals surface area contributed by atoms with E-state index < -0.39 is 5.60 Å². The molecule has 0 spiro atoms. The molecule has 0 radical (unpaired) electrons. The Morgan fingerprint density at radius 1 is 1.05 bits per heavy atom. The Morgan fingerprint density at radius 3 is 2.57 bits per heavy atom. The fourth-order valence-electron chi connectivity index (χ4n) is 4.23. The van der Waals surface area contributed by atoms with Gasteiger partial charge in [0.15, 0.2) is 0 Å². The van der Waals surface area contributed by atoms with Gasteiger partial charge in [0, 0.05) is 0 Å². The van der Waals surface area contributed by atoms with Gasteiger partial charge in [-0.05, 0) is 68.7 Å². The van der Waals surface area contributed by atoms with Crippen molar-refractivity contribution < 1.29 is 10.2 Å². The Morgan fingerprint density at radius 2 is 1.76 bits per heavy atom. The number of anilines is 1. The highest BCUT2D eigenvalue weighted by Crippen LogP contribution is 2.45. The molecule has 2 aliphatic carbocycles. The molecule has 1 aromatic carbocycles. The molecule has 3 N–H and O–H groups in total. The van der Waals surface area contributed by atoms with Gasteiger partial charge in [0.25, 0.3) is 0 Å². The zero-order valence-electron chi connectivity index (χ0n) is 13.2. The van der Waals surface area contributed by atoms with E-state index in [-0.39, 0.29) is 6.04 Å². The zero-order chi connectivity index (χ0) is 15.0. The summed E-state index contributed by atoms with van der Waals surface area (Å²) in [6.45, 7) is 4.06. The molecule has 3 rings (SSSR count). The van der Waals surface area contributed by atoms with E-state index in [2.05, 4.69) is 12.2 Å². The number of fused-ring (bicyclic) bond motifs is 1. The van der Waals surface area contributed by atoms with Gasteiger partial charge >= 0.3 is 0 Å². The van der Waals surface area contributed by atoms with Gasteiger partial charge in [-0.2, -0.15) is 0 Å². The summed E-state index contributed by atoms with van der Waals surface area (Å²) in [7, 11) is 0. The summed E-state index contributed by atoms with van der Waals surface area (Å²) in [6, 6.07) is 3.87. The van der Waals surface area contributed by atoms with Gasteiger partial charge in [-0.3, -0.25) is 0 Å². The molecule has 3 unspecified atom stereocenters. The van der Waals surface area contributed by atoms with E-state index in [0.29, 0.717) is 11.7 Å². The molecule has 2 aliphatic rings. The fraction of sp³-hybridized carbons (Fsp3) is 0.667. The average molecular weight is 289 g/mol. The van der Waals surface area contributed by atoms with Gasteiger partial charge in [0.1, 0.15) is 5.75 Å². The number of rotatable bonds is 2. The normalized spacial score (nSPS) is 32.5. The zero-order valence-corrected chi connectivity index (χ0v) is 13.2. The van der Waals surface area contributed by atoms with Crippen LogP contribution in [-0.2, 0) is 0 Å². The van der Waals surface area contributed by atoms with Crippen molar-refractivity contribution in [3.8, 4) is 5.75 Å². The molecule has 2 saturated carbocycles. The number of hydrogen-bond acceptors (Lipinski definition) is 3. The van der Waals surface area contributed by atoms with E-state index in [1.807, 2.05) is 19.1 Å². The van der Waals surface area contributed by atoms with Crippen LogP contribution in [0.1, 0.15) is 56.1 Å². The van der Waals surface area contributed by atoms with Crippen LogP contribution in [0.15, 0.2) is 12.1 Å². The first-order valence-electron chi connectivity index (χ1n) is 8.30. The van der Waals surface area contributed by atoms with Gasteiger partial charge in [-0.15, -0.1) is 0 Å². The van der Waals surface area contributed by atoms with Crippen molar-refractivity contribution in [3.63, 3.8) is 0 Å². The lowest BCUT2D eigenvalue weighted by molar-refractivity contribution is -0.0835. The van der Waals surface area contributed by atoms with Crippen LogP contribution >= 0.6 is 0 Å². The Labute approximate surface area is 127 Å². The number of aromatic hydroxyl groups is 1. The number of aliphatic hydroxyl groups is 1. The first-order chi connectivity index (χ1) is 10.0. The van der Waals surface area contributed by atoms with Gasteiger partial charge in [0.05, 0.1) is 17.3 Å². The van der Waals surface area contributed by atoms with Crippen molar-refractivity contribution >= 4 is 5.69 Å². The Bertz CT molecular complexity index is 526. The van der Waals surface area contributed by atoms with Crippen LogP contribution in [0.3, 0.4) is 0 Å². The highest BCUT2D eigenvalue weighted by molar-refractivity contribution is 5.60. The van der Waals surface area contributed by atoms with Crippen molar-refractivity contribution in [3.05, 3.63) is 23.3 Å². The molecule has 3 atom stereocenters. The predicted octanol–water partition coefficient (Wildman–Crippen LogP) is 3.89. The lowest BCUT2D eigenvalue weighted by Crippen LogP contribution is -2.56. The third kappa shape index (κ3) is 2.64. The van der Waals surface area contributed by atoms with Crippen molar-refractivity contribution in [1.82, 2.24) is 0 Å². The van der Waals surface area contributed by atoms with Crippen molar-refractivity contribution in [2.75, 3.05) is 5.32 Å². The SMILES string of the molecule is Cc1cc(O)c(NC2CCCC3CCCCC32O)cc1C. The van der Waals surface area contributed by atoms with Crippen LogP contribution in [0.2, 0.25) is 0 Å². The molecule has 0 aliphatic heterocycles. The summed E-state index contributed by atoms with van der Waals surface area (Å²) in [5.74, 6) is 0.714. The topological polar surface area (TPSA) is 52.5 Å². The highest BCUT2D eigenvalue weighted by Gasteiger charge is 2.47. The minimum absolute atomic E-state index is 0.0598.